The maximum absolute atomic E-state index is 12.1. The summed E-state index contributed by atoms with van der Waals surface area (Å²) in [4.78, 5) is 0. The lowest BCUT2D eigenvalue weighted by Crippen LogP contribution is -2.17. The molecule has 1 unspecified atom stereocenters. The Kier molecular flexibility index (Phi) is 5.51. The van der Waals surface area contributed by atoms with Crippen molar-refractivity contribution < 1.29 is 13.9 Å². The van der Waals surface area contributed by atoms with E-state index < -0.39 is 6.67 Å². The van der Waals surface area contributed by atoms with Crippen LogP contribution >= 0.6 is 11.6 Å². The SMILES string of the molecule is COc1cc(CC(C)N)cc(Cl)c1OCCF. The summed E-state index contributed by atoms with van der Waals surface area (Å²) in [5, 5.41) is 0.411. The number of hydrogen-bond acceptors (Lipinski definition) is 3. The van der Waals surface area contributed by atoms with Crippen molar-refractivity contribution in [1.82, 2.24) is 0 Å². The Morgan fingerprint density at radius 1 is 1.47 bits per heavy atom. The van der Waals surface area contributed by atoms with E-state index in [2.05, 4.69) is 0 Å². The molecule has 0 saturated carbocycles. The second-order valence-electron chi connectivity index (χ2n) is 3.83. The molecule has 2 N–H and O–H groups in total. The highest BCUT2D eigenvalue weighted by Crippen LogP contribution is 2.36. The van der Waals surface area contributed by atoms with Crippen molar-refractivity contribution in [1.29, 1.82) is 0 Å². The summed E-state index contributed by atoms with van der Waals surface area (Å²) in [5.41, 5.74) is 6.69. The Balaban J connectivity index is 2.98. The van der Waals surface area contributed by atoms with Gasteiger partial charge in [0.25, 0.3) is 0 Å². The number of methoxy groups -OCH3 is 1. The number of rotatable bonds is 6. The lowest BCUT2D eigenvalue weighted by Gasteiger charge is -2.14. The van der Waals surface area contributed by atoms with Gasteiger partial charge in [0.05, 0.1) is 12.1 Å². The highest BCUT2D eigenvalue weighted by molar-refractivity contribution is 6.32. The van der Waals surface area contributed by atoms with Crippen molar-refractivity contribution in [3.63, 3.8) is 0 Å². The van der Waals surface area contributed by atoms with E-state index in [1.54, 1.807) is 6.07 Å². The normalized spacial score (nSPS) is 12.3. The fourth-order valence-electron chi connectivity index (χ4n) is 1.54. The van der Waals surface area contributed by atoms with E-state index in [9.17, 15) is 4.39 Å². The maximum Gasteiger partial charge on any atom is 0.179 e. The molecule has 5 heteroatoms. The zero-order valence-corrected chi connectivity index (χ0v) is 10.8. The van der Waals surface area contributed by atoms with E-state index in [0.29, 0.717) is 22.9 Å². The van der Waals surface area contributed by atoms with Gasteiger partial charge in [-0.2, -0.15) is 0 Å². The van der Waals surface area contributed by atoms with Crippen LogP contribution < -0.4 is 15.2 Å². The summed E-state index contributed by atoms with van der Waals surface area (Å²) in [6.45, 7) is 1.30. The van der Waals surface area contributed by atoms with Crippen molar-refractivity contribution in [2.75, 3.05) is 20.4 Å². The molecular formula is C12H17ClFNO2. The van der Waals surface area contributed by atoms with Gasteiger partial charge < -0.3 is 15.2 Å². The second kappa shape index (κ2) is 6.67. The minimum absolute atomic E-state index is 0.0355. The fourth-order valence-corrected chi connectivity index (χ4v) is 1.83. The topological polar surface area (TPSA) is 44.5 Å². The highest BCUT2D eigenvalue weighted by Gasteiger charge is 2.12. The van der Waals surface area contributed by atoms with Crippen LogP contribution in [0.2, 0.25) is 5.02 Å². The van der Waals surface area contributed by atoms with Crippen LogP contribution in [0.4, 0.5) is 4.39 Å². The molecule has 17 heavy (non-hydrogen) atoms. The highest BCUT2D eigenvalue weighted by atomic mass is 35.5. The van der Waals surface area contributed by atoms with Crippen molar-refractivity contribution in [2.24, 2.45) is 5.73 Å². The molecule has 0 radical (unpaired) electrons. The summed E-state index contributed by atoms with van der Waals surface area (Å²) in [6, 6.07) is 3.61. The zero-order valence-electron chi connectivity index (χ0n) is 10.0. The van der Waals surface area contributed by atoms with Gasteiger partial charge in [0.15, 0.2) is 11.5 Å². The largest absolute Gasteiger partial charge is 0.493 e. The first kappa shape index (κ1) is 14.1. The molecule has 1 aromatic carbocycles. The molecule has 1 atom stereocenters. The van der Waals surface area contributed by atoms with Gasteiger partial charge in [-0.3, -0.25) is 0 Å². The number of halogens is 2. The molecule has 96 valence electrons. The first-order valence-corrected chi connectivity index (χ1v) is 5.77. The quantitative estimate of drug-likeness (QED) is 0.856. The molecule has 0 heterocycles. The van der Waals surface area contributed by atoms with Gasteiger partial charge in [-0.05, 0) is 31.0 Å². The lowest BCUT2D eigenvalue weighted by molar-refractivity contribution is 0.260. The summed E-state index contributed by atoms with van der Waals surface area (Å²) in [7, 11) is 1.52. The molecule has 3 nitrogen and oxygen atoms in total. The minimum atomic E-state index is -0.568. The Morgan fingerprint density at radius 2 is 2.18 bits per heavy atom. The molecule has 1 aromatic rings. The molecule has 0 aliphatic rings. The van der Waals surface area contributed by atoms with E-state index in [-0.39, 0.29) is 12.6 Å². The number of nitrogens with two attached hydrogens (primary N) is 1. The Labute approximate surface area is 106 Å². The van der Waals surface area contributed by atoms with Crippen molar-refractivity contribution >= 4 is 11.6 Å². The lowest BCUT2D eigenvalue weighted by atomic mass is 10.1. The molecule has 0 amide bonds. The summed E-state index contributed by atoms with van der Waals surface area (Å²) in [6.07, 6.45) is 0.694. The second-order valence-corrected chi connectivity index (χ2v) is 4.24. The van der Waals surface area contributed by atoms with E-state index in [1.165, 1.54) is 7.11 Å². The van der Waals surface area contributed by atoms with Gasteiger partial charge in [0.1, 0.15) is 13.3 Å². The molecule has 0 aliphatic carbocycles. The Morgan fingerprint density at radius 3 is 2.71 bits per heavy atom. The number of ether oxygens (including phenoxy) is 2. The van der Waals surface area contributed by atoms with Crippen LogP contribution in [0.1, 0.15) is 12.5 Å². The molecule has 0 aromatic heterocycles. The van der Waals surface area contributed by atoms with E-state index in [4.69, 9.17) is 26.8 Å². The van der Waals surface area contributed by atoms with Crippen LogP contribution in [-0.2, 0) is 6.42 Å². The van der Waals surface area contributed by atoms with Gasteiger partial charge in [-0.25, -0.2) is 4.39 Å². The first-order valence-electron chi connectivity index (χ1n) is 5.39. The molecule has 0 saturated heterocycles. The third-order valence-corrected chi connectivity index (χ3v) is 2.45. The predicted octanol–water partition coefficient (Wildman–Crippen LogP) is 2.59. The van der Waals surface area contributed by atoms with Crippen LogP contribution in [0, 0.1) is 0 Å². The first-order chi connectivity index (χ1) is 8.08. The monoisotopic (exact) mass is 261 g/mol. The van der Waals surface area contributed by atoms with Crippen LogP contribution in [0.15, 0.2) is 12.1 Å². The van der Waals surface area contributed by atoms with Gasteiger partial charge in [-0.1, -0.05) is 11.6 Å². The van der Waals surface area contributed by atoms with Crippen LogP contribution in [-0.4, -0.2) is 26.4 Å². The van der Waals surface area contributed by atoms with Gasteiger partial charge in [0.2, 0.25) is 0 Å². The molecule has 1 rings (SSSR count). The standard InChI is InChI=1S/C12H17ClFNO2/c1-8(15)5-9-6-10(13)12(17-4-3-14)11(7-9)16-2/h6-8H,3-5,15H2,1-2H3. The summed E-state index contributed by atoms with van der Waals surface area (Å²) < 4.78 is 22.4. The number of benzene rings is 1. The average molecular weight is 262 g/mol. The van der Waals surface area contributed by atoms with Crippen LogP contribution in [0.25, 0.3) is 0 Å². The average Bonchev–Trinajstić information content (AvgIpc) is 2.26. The summed E-state index contributed by atoms with van der Waals surface area (Å²) >= 11 is 6.06. The van der Waals surface area contributed by atoms with Crippen molar-refractivity contribution in [3.05, 3.63) is 22.7 Å². The third-order valence-electron chi connectivity index (χ3n) is 2.17. The van der Waals surface area contributed by atoms with Gasteiger partial charge >= 0.3 is 0 Å². The summed E-state index contributed by atoms with van der Waals surface area (Å²) in [5.74, 6) is 0.877. The molecular weight excluding hydrogens is 245 g/mol. The third kappa shape index (κ3) is 4.06. The fraction of sp³-hybridized carbons (Fsp3) is 0.500. The number of hydrogen-bond donors (Lipinski definition) is 1. The predicted molar refractivity (Wildman–Crippen MR) is 66.8 cm³/mol. The molecule has 0 fully saturated rings. The van der Waals surface area contributed by atoms with Gasteiger partial charge in [0, 0.05) is 6.04 Å². The van der Waals surface area contributed by atoms with E-state index in [0.717, 1.165) is 5.56 Å². The van der Waals surface area contributed by atoms with Crippen LogP contribution in [0.5, 0.6) is 11.5 Å². The molecule has 0 bridgehead atoms. The Bertz CT molecular complexity index is 372. The van der Waals surface area contributed by atoms with E-state index >= 15 is 0 Å². The molecule has 0 spiro atoms. The van der Waals surface area contributed by atoms with Crippen molar-refractivity contribution in [2.45, 2.75) is 19.4 Å². The van der Waals surface area contributed by atoms with Crippen LogP contribution in [0.3, 0.4) is 0 Å². The Hall–Kier alpha value is -1.00. The smallest absolute Gasteiger partial charge is 0.179 e. The van der Waals surface area contributed by atoms with E-state index in [1.807, 2.05) is 13.0 Å². The van der Waals surface area contributed by atoms with Gasteiger partial charge in [-0.15, -0.1) is 0 Å². The maximum atomic E-state index is 12.1. The molecule has 0 aliphatic heterocycles. The minimum Gasteiger partial charge on any atom is -0.493 e. The number of alkyl halides is 1. The van der Waals surface area contributed by atoms with Crippen molar-refractivity contribution in [3.8, 4) is 11.5 Å². The zero-order chi connectivity index (χ0) is 12.8.